The first-order chi connectivity index (χ1) is 12.7. The maximum Gasteiger partial charge on any atom is 0.193 e. The Morgan fingerprint density at radius 2 is 0.846 bits per heavy atom. The van der Waals surface area contributed by atoms with Gasteiger partial charge in [-0.2, -0.15) is 0 Å². The lowest BCUT2D eigenvalue weighted by Gasteiger charge is -2.12. The molecule has 0 saturated heterocycles. The third kappa shape index (κ3) is 2.26. The highest BCUT2D eigenvalue weighted by Crippen LogP contribution is 2.31. The van der Waals surface area contributed by atoms with Crippen molar-refractivity contribution in [1.82, 2.24) is 0 Å². The van der Waals surface area contributed by atoms with Gasteiger partial charge in [0.15, 0.2) is 11.6 Å². The summed E-state index contributed by atoms with van der Waals surface area (Å²) in [6.07, 6.45) is 3.25. The van der Waals surface area contributed by atoms with Gasteiger partial charge in [-0.25, -0.2) is 0 Å². The largest absolute Gasteiger partial charge is 0.289 e. The van der Waals surface area contributed by atoms with Crippen molar-refractivity contribution in [3.8, 4) is 0 Å². The molecule has 0 amide bonds. The summed E-state index contributed by atoms with van der Waals surface area (Å²) in [5.74, 6) is 0.176. The van der Waals surface area contributed by atoms with Crippen molar-refractivity contribution in [3.05, 3.63) is 105 Å². The summed E-state index contributed by atoms with van der Waals surface area (Å²) in [6, 6.07) is 19.7. The van der Waals surface area contributed by atoms with E-state index in [1.54, 1.807) is 0 Å². The second kappa shape index (κ2) is 5.77. The van der Waals surface area contributed by atoms with Crippen LogP contribution in [0.1, 0.15) is 54.1 Å². The minimum Gasteiger partial charge on any atom is -0.289 e. The third-order valence-corrected chi connectivity index (χ3v) is 5.67. The van der Waals surface area contributed by atoms with Gasteiger partial charge in [0.1, 0.15) is 0 Å². The summed E-state index contributed by atoms with van der Waals surface area (Å²) < 4.78 is 0. The highest BCUT2D eigenvalue weighted by atomic mass is 16.1. The molecule has 5 rings (SSSR count). The van der Waals surface area contributed by atoms with E-state index in [1.807, 2.05) is 60.7 Å². The summed E-state index contributed by atoms with van der Waals surface area (Å²) in [4.78, 5) is 26.2. The molecule has 126 valence electrons. The number of benzene rings is 3. The van der Waals surface area contributed by atoms with Crippen LogP contribution in [-0.4, -0.2) is 11.6 Å². The second-order valence-electron chi connectivity index (χ2n) is 7.14. The van der Waals surface area contributed by atoms with Gasteiger partial charge in [0.05, 0.1) is 0 Å². The molecule has 2 aliphatic carbocycles. The Kier molecular flexibility index (Phi) is 3.39. The zero-order valence-corrected chi connectivity index (χ0v) is 14.4. The molecule has 0 fully saturated rings. The van der Waals surface area contributed by atoms with Crippen LogP contribution >= 0.6 is 0 Å². The van der Waals surface area contributed by atoms with Crippen molar-refractivity contribution in [2.24, 2.45) is 0 Å². The summed E-state index contributed by atoms with van der Waals surface area (Å²) >= 11 is 0. The molecule has 3 aromatic carbocycles. The Hall–Kier alpha value is -3.00. The molecule has 0 heterocycles. The Labute approximate surface area is 152 Å². The van der Waals surface area contributed by atoms with E-state index in [4.69, 9.17) is 0 Å². The van der Waals surface area contributed by atoms with Crippen LogP contribution in [-0.2, 0) is 25.7 Å². The lowest BCUT2D eigenvalue weighted by Crippen LogP contribution is -2.09. The normalized spacial score (nSPS) is 15.2. The lowest BCUT2D eigenvalue weighted by atomic mass is 9.91. The van der Waals surface area contributed by atoms with Gasteiger partial charge < -0.3 is 0 Å². The van der Waals surface area contributed by atoms with Crippen LogP contribution in [0.2, 0.25) is 0 Å². The van der Waals surface area contributed by atoms with Gasteiger partial charge in [-0.1, -0.05) is 48.5 Å². The maximum atomic E-state index is 13.1. The highest BCUT2D eigenvalue weighted by molar-refractivity contribution is 6.14. The molecule has 0 bridgehead atoms. The van der Waals surface area contributed by atoms with E-state index in [2.05, 4.69) is 0 Å². The fraction of sp³-hybridized carbons (Fsp3) is 0.167. The number of carbonyl (C=O) groups excluding carboxylic acids is 2. The van der Waals surface area contributed by atoms with Crippen LogP contribution in [0.15, 0.2) is 60.7 Å². The Balaban J connectivity index is 1.67. The van der Waals surface area contributed by atoms with Gasteiger partial charge in [-0.05, 0) is 60.1 Å². The van der Waals surface area contributed by atoms with Gasteiger partial charge in [0.2, 0.25) is 0 Å². The lowest BCUT2D eigenvalue weighted by molar-refractivity contribution is 0.102. The molecule has 0 aliphatic heterocycles. The summed E-state index contributed by atoms with van der Waals surface area (Å²) in [5, 5.41) is 0. The van der Waals surface area contributed by atoms with Crippen molar-refractivity contribution in [1.29, 1.82) is 0 Å². The van der Waals surface area contributed by atoms with Crippen LogP contribution in [0.25, 0.3) is 0 Å². The van der Waals surface area contributed by atoms with Crippen molar-refractivity contribution in [2.45, 2.75) is 25.7 Å². The first-order valence-corrected chi connectivity index (χ1v) is 9.13. The van der Waals surface area contributed by atoms with Gasteiger partial charge >= 0.3 is 0 Å². The van der Waals surface area contributed by atoms with E-state index in [0.717, 1.165) is 70.2 Å². The predicted molar refractivity (Wildman–Crippen MR) is 101 cm³/mol. The van der Waals surface area contributed by atoms with Crippen molar-refractivity contribution >= 4 is 11.6 Å². The van der Waals surface area contributed by atoms with Crippen LogP contribution in [0.5, 0.6) is 0 Å². The molecule has 2 aliphatic rings. The van der Waals surface area contributed by atoms with E-state index in [0.29, 0.717) is 0 Å². The minimum atomic E-state index is 0.0881. The van der Waals surface area contributed by atoms with E-state index in [-0.39, 0.29) is 11.6 Å². The molecule has 0 spiro atoms. The second-order valence-corrected chi connectivity index (χ2v) is 7.14. The average molecular weight is 338 g/mol. The molecule has 0 N–H and O–H groups in total. The molecule has 2 heteroatoms. The van der Waals surface area contributed by atoms with E-state index < -0.39 is 0 Å². The zero-order chi connectivity index (χ0) is 17.7. The first kappa shape index (κ1) is 15.3. The molecular formula is C24H18O2. The Morgan fingerprint density at radius 1 is 0.462 bits per heavy atom. The first-order valence-electron chi connectivity index (χ1n) is 9.13. The van der Waals surface area contributed by atoms with E-state index in [9.17, 15) is 9.59 Å². The number of hydrogen-bond acceptors (Lipinski definition) is 2. The van der Waals surface area contributed by atoms with Crippen LogP contribution in [0, 0.1) is 0 Å². The number of rotatable bonds is 0. The molecule has 0 atom stereocenters. The Morgan fingerprint density at radius 3 is 1.31 bits per heavy atom. The molecule has 0 unspecified atom stereocenters. The molecule has 0 radical (unpaired) electrons. The maximum absolute atomic E-state index is 13.1. The quantitative estimate of drug-likeness (QED) is 0.611. The summed E-state index contributed by atoms with van der Waals surface area (Å²) in [7, 11) is 0. The van der Waals surface area contributed by atoms with Gasteiger partial charge in [0, 0.05) is 22.3 Å². The van der Waals surface area contributed by atoms with Crippen molar-refractivity contribution in [2.75, 3.05) is 0 Å². The number of hydrogen-bond donors (Lipinski definition) is 0. The molecule has 3 aromatic rings. The van der Waals surface area contributed by atoms with Crippen LogP contribution in [0.3, 0.4) is 0 Å². The highest BCUT2D eigenvalue weighted by Gasteiger charge is 2.26. The van der Waals surface area contributed by atoms with E-state index in [1.165, 1.54) is 0 Å². The summed E-state index contributed by atoms with van der Waals surface area (Å²) in [5.41, 5.74) is 7.33. The van der Waals surface area contributed by atoms with Crippen LogP contribution < -0.4 is 0 Å². The fourth-order valence-corrected chi connectivity index (χ4v) is 4.27. The molecule has 0 aromatic heterocycles. The van der Waals surface area contributed by atoms with Crippen LogP contribution in [0.4, 0.5) is 0 Å². The number of carbonyl (C=O) groups is 2. The zero-order valence-electron chi connectivity index (χ0n) is 14.4. The molecule has 0 saturated carbocycles. The average Bonchev–Trinajstić information content (AvgIpc) is 2.91. The molecule has 2 nitrogen and oxygen atoms in total. The smallest absolute Gasteiger partial charge is 0.193 e. The number of fused-ring (bicyclic) bond motifs is 4. The Bertz CT molecular complexity index is 988. The van der Waals surface area contributed by atoms with Gasteiger partial charge in [-0.15, -0.1) is 0 Å². The molecular weight excluding hydrogens is 320 g/mol. The topological polar surface area (TPSA) is 34.1 Å². The standard InChI is InChI=1S/C24H18O2/c25-23-19-7-3-1-5-15(19)9-11-17-13-22-18(14-21(17)23)12-10-16-6-2-4-8-20(16)24(22)26/h1-8,13-14H,9-12H2. The number of ketones is 2. The SMILES string of the molecule is O=C1c2ccccc2CCc2cc3c(cc21)CCc1ccccc1C3=O. The summed E-state index contributed by atoms with van der Waals surface area (Å²) in [6.45, 7) is 0. The van der Waals surface area contributed by atoms with Gasteiger partial charge in [0.25, 0.3) is 0 Å². The van der Waals surface area contributed by atoms with Crippen molar-refractivity contribution in [3.63, 3.8) is 0 Å². The van der Waals surface area contributed by atoms with E-state index >= 15 is 0 Å². The minimum absolute atomic E-state index is 0.0881. The monoisotopic (exact) mass is 338 g/mol. The molecule has 26 heavy (non-hydrogen) atoms. The third-order valence-electron chi connectivity index (χ3n) is 5.67. The van der Waals surface area contributed by atoms with Gasteiger partial charge in [-0.3, -0.25) is 9.59 Å². The number of aryl methyl sites for hydroxylation is 4. The van der Waals surface area contributed by atoms with Crippen molar-refractivity contribution < 1.29 is 9.59 Å². The fourth-order valence-electron chi connectivity index (χ4n) is 4.27. The predicted octanol–water partition coefficient (Wildman–Crippen LogP) is 4.35.